The Labute approximate surface area is 147 Å². The van der Waals surface area contributed by atoms with Crippen LogP contribution >= 0.6 is 22.7 Å². The Morgan fingerprint density at radius 2 is 2.25 bits per heavy atom. The summed E-state index contributed by atoms with van der Waals surface area (Å²) in [5.41, 5.74) is 0. The quantitative estimate of drug-likeness (QED) is 0.691. The van der Waals surface area contributed by atoms with E-state index >= 15 is 0 Å². The van der Waals surface area contributed by atoms with E-state index in [9.17, 15) is 4.79 Å². The summed E-state index contributed by atoms with van der Waals surface area (Å²) in [5.74, 6) is 1.38. The van der Waals surface area contributed by atoms with Crippen LogP contribution in [0.1, 0.15) is 31.2 Å². The molecule has 1 amide bonds. The Bertz CT molecular complexity index is 795. The molecule has 3 aromatic rings. The second kappa shape index (κ2) is 7.63. The van der Waals surface area contributed by atoms with E-state index < -0.39 is 0 Å². The number of amides is 1. The number of nitrogens with zero attached hydrogens (tertiary/aromatic N) is 4. The maximum absolute atomic E-state index is 12.0. The molecular weight excluding hydrogens is 346 g/mol. The van der Waals surface area contributed by atoms with Gasteiger partial charge in [0.2, 0.25) is 22.8 Å². The lowest BCUT2D eigenvalue weighted by Crippen LogP contribution is -2.12. The summed E-state index contributed by atoms with van der Waals surface area (Å²) in [6.07, 6.45) is 1.51. The summed E-state index contributed by atoms with van der Waals surface area (Å²) < 4.78 is 5.18. The lowest BCUT2D eigenvalue weighted by Gasteiger charge is -1.99. The fourth-order valence-electron chi connectivity index (χ4n) is 2.00. The van der Waals surface area contributed by atoms with Gasteiger partial charge < -0.3 is 9.84 Å². The average Bonchev–Trinajstić information content (AvgIpc) is 3.26. The molecule has 0 aliphatic heterocycles. The highest BCUT2D eigenvalue weighted by Crippen LogP contribution is 2.22. The first-order chi connectivity index (χ1) is 11.6. The van der Waals surface area contributed by atoms with Crippen molar-refractivity contribution in [2.24, 2.45) is 5.92 Å². The Kier molecular flexibility index (Phi) is 5.31. The predicted molar refractivity (Wildman–Crippen MR) is 93.0 cm³/mol. The summed E-state index contributed by atoms with van der Waals surface area (Å²) in [7, 11) is 0. The molecule has 0 unspecified atom stereocenters. The van der Waals surface area contributed by atoms with Crippen molar-refractivity contribution in [2.75, 3.05) is 5.32 Å². The van der Waals surface area contributed by atoms with Crippen LogP contribution in [0.2, 0.25) is 0 Å². The van der Waals surface area contributed by atoms with Gasteiger partial charge >= 0.3 is 0 Å². The number of hydrogen-bond donors (Lipinski definition) is 1. The fourth-order valence-corrected chi connectivity index (χ4v) is 3.62. The number of nitrogens with one attached hydrogen (secondary N) is 1. The van der Waals surface area contributed by atoms with Crippen LogP contribution in [-0.2, 0) is 17.6 Å². The molecule has 3 heterocycles. The molecule has 0 aliphatic carbocycles. The lowest BCUT2D eigenvalue weighted by atomic mass is 10.1. The van der Waals surface area contributed by atoms with Crippen LogP contribution in [0, 0.1) is 5.92 Å². The Morgan fingerprint density at radius 3 is 3.00 bits per heavy atom. The lowest BCUT2D eigenvalue weighted by molar-refractivity contribution is -0.116. The zero-order valence-corrected chi connectivity index (χ0v) is 15.0. The number of hydrogen-bond acceptors (Lipinski definition) is 8. The average molecular weight is 363 g/mol. The summed E-state index contributed by atoms with van der Waals surface area (Å²) in [4.78, 5) is 17.2. The second-order valence-electron chi connectivity index (χ2n) is 5.64. The number of carbonyl (C=O) groups excluding carboxylic acids is 1. The number of thiophene rings is 1. The van der Waals surface area contributed by atoms with E-state index in [0.717, 1.165) is 16.3 Å². The number of carbonyl (C=O) groups is 1. The van der Waals surface area contributed by atoms with E-state index in [4.69, 9.17) is 4.52 Å². The second-order valence-corrected chi connectivity index (χ2v) is 7.65. The van der Waals surface area contributed by atoms with Crippen molar-refractivity contribution in [3.8, 4) is 10.7 Å². The molecule has 24 heavy (non-hydrogen) atoms. The van der Waals surface area contributed by atoms with Crippen LogP contribution in [0.15, 0.2) is 22.0 Å². The van der Waals surface area contributed by atoms with Gasteiger partial charge in [-0.2, -0.15) is 4.98 Å². The Balaban J connectivity index is 1.50. The van der Waals surface area contributed by atoms with Gasteiger partial charge in [0, 0.05) is 19.3 Å². The molecule has 1 N–H and O–H groups in total. The SMILES string of the molecule is CC(C)Cc1nnc(NC(=O)CCc2nc(-c3cccs3)no2)s1. The van der Waals surface area contributed by atoms with E-state index in [-0.39, 0.29) is 12.3 Å². The molecule has 0 saturated heterocycles. The largest absolute Gasteiger partial charge is 0.339 e. The van der Waals surface area contributed by atoms with Gasteiger partial charge in [0.15, 0.2) is 0 Å². The van der Waals surface area contributed by atoms with Crippen molar-refractivity contribution in [1.82, 2.24) is 20.3 Å². The normalized spacial score (nSPS) is 11.1. The summed E-state index contributed by atoms with van der Waals surface area (Å²) in [6.45, 7) is 4.24. The predicted octanol–water partition coefficient (Wildman–Crippen LogP) is 3.42. The zero-order valence-electron chi connectivity index (χ0n) is 13.4. The molecule has 0 saturated carbocycles. The molecule has 7 nitrogen and oxygen atoms in total. The van der Waals surface area contributed by atoms with Crippen LogP contribution in [0.3, 0.4) is 0 Å². The summed E-state index contributed by atoms with van der Waals surface area (Å²) in [6, 6.07) is 3.86. The molecule has 0 spiro atoms. The fraction of sp³-hybridized carbons (Fsp3) is 0.400. The highest BCUT2D eigenvalue weighted by molar-refractivity contribution is 7.15. The third-order valence-electron chi connectivity index (χ3n) is 3.07. The molecule has 3 aromatic heterocycles. The van der Waals surface area contributed by atoms with Crippen molar-refractivity contribution in [2.45, 2.75) is 33.1 Å². The highest BCUT2D eigenvalue weighted by Gasteiger charge is 2.13. The minimum absolute atomic E-state index is 0.141. The summed E-state index contributed by atoms with van der Waals surface area (Å²) in [5, 5.41) is 18.2. The molecule has 0 fully saturated rings. The molecule has 9 heteroatoms. The van der Waals surface area contributed by atoms with E-state index in [0.29, 0.717) is 29.2 Å². The minimum atomic E-state index is -0.141. The summed E-state index contributed by atoms with van der Waals surface area (Å²) >= 11 is 2.95. The Hall–Kier alpha value is -2.13. The monoisotopic (exact) mass is 363 g/mol. The smallest absolute Gasteiger partial charge is 0.227 e. The van der Waals surface area contributed by atoms with Gasteiger partial charge in [0.1, 0.15) is 5.01 Å². The first-order valence-corrected chi connectivity index (χ1v) is 9.28. The Morgan fingerprint density at radius 1 is 1.38 bits per heavy atom. The third kappa shape index (κ3) is 4.45. The van der Waals surface area contributed by atoms with Crippen LogP contribution < -0.4 is 5.32 Å². The maximum Gasteiger partial charge on any atom is 0.227 e. The first kappa shape index (κ1) is 16.7. The van der Waals surface area contributed by atoms with Gasteiger partial charge in [-0.1, -0.05) is 36.4 Å². The molecule has 3 rings (SSSR count). The molecule has 0 aromatic carbocycles. The first-order valence-electron chi connectivity index (χ1n) is 7.59. The minimum Gasteiger partial charge on any atom is -0.339 e. The highest BCUT2D eigenvalue weighted by atomic mass is 32.1. The number of anilines is 1. The van der Waals surface area contributed by atoms with E-state index in [2.05, 4.69) is 39.5 Å². The van der Waals surface area contributed by atoms with Gasteiger partial charge in [-0.15, -0.1) is 21.5 Å². The number of aryl methyl sites for hydroxylation is 1. The van der Waals surface area contributed by atoms with E-state index in [1.54, 1.807) is 11.3 Å². The van der Waals surface area contributed by atoms with Gasteiger partial charge in [0.05, 0.1) is 4.88 Å². The van der Waals surface area contributed by atoms with Crippen molar-refractivity contribution >= 4 is 33.7 Å². The van der Waals surface area contributed by atoms with Gasteiger partial charge in [-0.05, 0) is 17.4 Å². The zero-order chi connectivity index (χ0) is 16.9. The molecule has 0 aliphatic rings. The standard InChI is InChI=1S/C15H17N5O2S2/c1-9(2)8-13-18-19-15(24-13)16-11(21)5-6-12-17-14(20-22-12)10-4-3-7-23-10/h3-4,7,9H,5-6,8H2,1-2H3,(H,16,19,21). The maximum atomic E-state index is 12.0. The van der Waals surface area contributed by atoms with Crippen molar-refractivity contribution in [1.29, 1.82) is 0 Å². The van der Waals surface area contributed by atoms with E-state index in [1.165, 1.54) is 11.3 Å². The third-order valence-corrected chi connectivity index (χ3v) is 4.80. The topological polar surface area (TPSA) is 93.8 Å². The van der Waals surface area contributed by atoms with Crippen LogP contribution in [0.4, 0.5) is 5.13 Å². The van der Waals surface area contributed by atoms with Crippen LogP contribution in [0.5, 0.6) is 0 Å². The molecule has 0 radical (unpaired) electrons. The van der Waals surface area contributed by atoms with Crippen molar-refractivity contribution in [3.05, 3.63) is 28.4 Å². The number of rotatable bonds is 7. The van der Waals surface area contributed by atoms with Crippen molar-refractivity contribution in [3.63, 3.8) is 0 Å². The molecule has 126 valence electrons. The molecular formula is C15H17N5O2S2. The number of aromatic nitrogens is 4. The van der Waals surface area contributed by atoms with Crippen LogP contribution in [0.25, 0.3) is 10.7 Å². The van der Waals surface area contributed by atoms with Gasteiger partial charge in [0.25, 0.3) is 0 Å². The van der Waals surface area contributed by atoms with Crippen LogP contribution in [-0.4, -0.2) is 26.2 Å². The van der Waals surface area contributed by atoms with Crippen molar-refractivity contribution < 1.29 is 9.32 Å². The van der Waals surface area contributed by atoms with Gasteiger partial charge in [-0.25, -0.2) is 0 Å². The molecule has 0 bridgehead atoms. The van der Waals surface area contributed by atoms with Gasteiger partial charge in [-0.3, -0.25) is 4.79 Å². The molecule has 0 atom stereocenters. The van der Waals surface area contributed by atoms with E-state index in [1.807, 2.05) is 17.5 Å².